The van der Waals surface area contributed by atoms with Gasteiger partial charge in [-0.1, -0.05) is 0 Å². The maximum absolute atomic E-state index is 6.92. The highest BCUT2D eigenvalue weighted by Crippen LogP contribution is 0.429. The van der Waals surface area contributed by atoms with Crippen molar-refractivity contribution in [2.45, 2.75) is 0 Å². The topological polar surface area (TPSA) is 142 Å². The Morgan fingerprint density at radius 3 is 0.500 bits per heavy atom. The van der Waals surface area contributed by atoms with Crippen LogP contribution in [0.1, 0.15) is 0 Å². The fraction of sp³-hybridized carbons (Fsp3) is 0. The Morgan fingerprint density at radius 1 is 0.500 bits per heavy atom. The summed E-state index contributed by atoms with van der Waals surface area (Å²) in [5, 5.41) is 0. The van der Waals surface area contributed by atoms with Crippen LogP contribution < -0.4 is 0 Å². The third kappa shape index (κ3) is 365. The summed E-state index contributed by atoms with van der Waals surface area (Å²) in [7, 11) is 2.83. The third-order valence-corrected chi connectivity index (χ3v) is 0. The van der Waals surface area contributed by atoms with Crippen molar-refractivity contribution in [3.8, 4) is 0 Å². The van der Waals surface area contributed by atoms with Gasteiger partial charge >= 0.3 is 0 Å². The Hall–Kier alpha value is 1.33. The predicted octanol–water partition coefficient (Wildman–Crippen LogP) is -7.29. The smallest absolute Gasteiger partial charge is 0.187 e. The standard InChI is InChI=1S/3Al.2HNSi.3H2O.9H/c;;;2*1-2;;;;;;;;;;;;/h;;;2*2H;3*1H2;;;;;;;;;. The van der Waals surface area contributed by atoms with Gasteiger partial charge in [-0.2, -0.15) is 0 Å². The molecule has 6 N–H and O–H groups in total. The molecular formula is H17Al3N2O3Si2. The molecule has 0 amide bonds. The molecule has 0 saturated heterocycles. The minimum Gasteiger partial charge on any atom is -0.412 e. The molecule has 0 atom stereocenters. The molecule has 0 aliphatic carbocycles. The first-order valence-electron chi connectivity index (χ1n) is 0.516. The molecule has 0 aromatic heterocycles. The van der Waals surface area contributed by atoms with Crippen LogP contribution in [0.5, 0.6) is 0 Å². The minimum absolute atomic E-state index is 0. The van der Waals surface area contributed by atoms with Crippen molar-refractivity contribution in [2.24, 2.45) is 0 Å². The molecule has 0 rings (SSSR count). The van der Waals surface area contributed by atoms with Gasteiger partial charge in [0.15, 0.2) is 71.8 Å². The molecular weight excluding hydrogens is 213 g/mol. The van der Waals surface area contributed by atoms with Crippen LogP contribution in [0.2, 0.25) is 0 Å². The lowest BCUT2D eigenvalue weighted by Crippen LogP contribution is -0.793. The van der Waals surface area contributed by atoms with Crippen LogP contribution in [-0.4, -0.2) is 88.3 Å². The average Bonchev–Trinajstić information content (AvgIpc) is 1.50. The van der Waals surface area contributed by atoms with Gasteiger partial charge in [-0.25, -0.2) is 0 Å². The zero-order valence-corrected chi connectivity index (χ0v) is 5.86. The van der Waals surface area contributed by atoms with Gasteiger partial charge in [0, 0.05) is 0 Å². The van der Waals surface area contributed by atoms with Crippen LogP contribution in [0.25, 0.3) is 0 Å². The Bertz CT molecular complexity index is 35.2. The Kier molecular flexibility index (Phi) is 5530. The van der Waals surface area contributed by atoms with Gasteiger partial charge in [-0.15, -0.1) is 0 Å². The normalized spacial score (nSPS) is 0.400. The fourth-order valence-corrected chi connectivity index (χ4v) is 0. The highest BCUT2D eigenvalue weighted by Gasteiger charge is 0.568. The largest absolute Gasteiger partial charge is 0.412 e. The van der Waals surface area contributed by atoms with E-state index in [0.717, 1.165) is 0 Å². The maximum Gasteiger partial charge on any atom is 0.187 e. The predicted molar refractivity (Wildman–Crippen MR) is 58.4 cm³/mol. The van der Waals surface area contributed by atoms with Gasteiger partial charge in [-0.3, -0.25) is 9.77 Å². The zero-order valence-electron chi connectivity index (χ0n) is 3.55. The second-order valence-corrected chi connectivity index (χ2v) is 0. The van der Waals surface area contributed by atoms with Crippen LogP contribution in [0.3, 0.4) is 0 Å². The molecule has 0 radical (unpaired) electrons. The summed E-state index contributed by atoms with van der Waals surface area (Å²) < 4.78 is 0. The molecule has 5 nitrogen and oxygen atoms in total. The summed E-state index contributed by atoms with van der Waals surface area (Å²) in [6.45, 7) is 0. The van der Waals surface area contributed by atoms with Gasteiger partial charge in [0.2, 0.25) is 0 Å². The molecule has 0 aromatic carbocycles. The molecule has 10 heteroatoms. The van der Waals surface area contributed by atoms with Crippen molar-refractivity contribution in [3.63, 3.8) is 0 Å². The number of hydrogen-bond acceptors (Lipinski definition) is 2. The lowest BCUT2D eigenvalue weighted by Gasteiger charge is -0.679. The summed E-state index contributed by atoms with van der Waals surface area (Å²) >= 11 is 0. The first kappa shape index (κ1) is 109. The van der Waals surface area contributed by atoms with E-state index < -0.39 is 0 Å². The van der Waals surface area contributed by atoms with Crippen LogP contribution in [0.4, 0.5) is 0 Å². The zero-order chi connectivity index (χ0) is 4.00. The summed E-state index contributed by atoms with van der Waals surface area (Å²) in [6, 6.07) is 0. The lowest BCUT2D eigenvalue weighted by molar-refractivity contribution is 0.823. The Balaban J connectivity index is -0.000000000833. The SMILES string of the molecule is N#[SiH].N#[SiH].O.O.O.[AlH3].[AlH3].[AlH3]. The van der Waals surface area contributed by atoms with E-state index in [1.165, 1.54) is 19.8 Å². The van der Waals surface area contributed by atoms with Crippen LogP contribution in [0, 0.1) is 9.77 Å². The van der Waals surface area contributed by atoms with E-state index >= 15 is 0 Å². The Morgan fingerprint density at radius 2 is 0.500 bits per heavy atom. The second-order valence-electron chi connectivity index (χ2n) is 0. The molecule has 0 fully saturated rings. The van der Waals surface area contributed by atoms with E-state index in [1.54, 1.807) is 0 Å². The summed E-state index contributed by atoms with van der Waals surface area (Å²) in [5.41, 5.74) is 0. The van der Waals surface area contributed by atoms with E-state index in [9.17, 15) is 0 Å². The number of rotatable bonds is 0. The van der Waals surface area contributed by atoms with Gasteiger partial charge in [0.05, 0.1) is 0 Å². The van der Waals surface area contributed by atoms with E-state index in [4.69, 9.17) is 9.77 Å². The molecule has 0 unspecified atom stereocenters. The number of hydrogen-bond donors (Lipinski definition) is 0. The van der Waals surface area contributed by atoms with Crippen LogP contribution in [0.15, 0.2) is 0 Å². The maximum atomic E-state index is 6.92. The monoisotopic (exact) mass is 230 g/mol. The summed E-state index contributed by atoms with van der Waals surface area (Å²) in [6.07, 6.45) is 0. The highest BCUT2D eigenvalue weighted by atomic mass is 28.1. The summed E-state index contributed by atoms with van der Waals surface area (Å²) in [4.78, 5) is 13.8. The minimum atomic E-state index is 0. The van der Waals surface area contributed by atoms with Crippen LogP contribution >= 0.6 is 0 Å². The van der Waals surface area contributed by atoms with Crippen molar-refractivity contribution in [1.29, 1.82) is 9.77 Å². The number of nitrogens with zero attached hydrogens (tertiary/aromatic N) is 2. The average molecular weight is 230 g/mol. The Labute approximate surface area is 97.5 Å². The molecule has 0 spiro atoms. The quantitative estimate of drug-likeness (QED) is 0.381. The van der Waals surface area contributed by atoms with E-state index in [-0.39, 0.29) is 68.5 Å². The summed E-state index contributed by atoms with van der Waals surface area (Å²) in [5.74, 6) is 0. The first-order chi connectivity index (χ1) is 2.00. The molecule has 0 aromatic rings. The van der Waals surface area contributed by atoms with E-state index in [2.05, 4.69) is 0 Å². The molecule has 0 bridgehead atoms. The molecule has 10 heavy (non-hydrogen) atoms. The fourth-order valence-electron chi connectivity index (χ4n) is 0. The van der Waals surface area contributed by atoms with E-state index in [0.29, 0.717) is 0 Å². The van der Waals surface area contributed by atoms with Crippen molar-refractivity contribution < 1.29 is 16.4 Å². The van der Waals surface area contributed by atoms with Crippen molar-refractivity contribution in [1.82, 2.24) is 0 Å². The van der Waals surface area contributed by atoms with Crippen LogP contribution in [-0.2, 0) is 0 Å². The molecule has 0 aliphatic rings. The highest BCUT2D eigenvalue weighted by molar-refractivity contribution is 5.84. The van der Waals surface area contributed by atoms with E-state index in [1.807, 2.05) is 0 Å². The van der Waals surface area contributed by atoms with Gasteiger partial charge in [0.1, 0.15) is 0 Å². The van der Waals surface area contributed by atoms with Gasteiger partial charge in [0.25, 0.3) is 0 Å². The first-order valence-corrected chi connectivity index (χ1v) is 1.55. The van der Waals surface area contributed by atoms with Crippen molar-refractivity contribution in [3.05, 3.63) is 0 Å². The second kappa shape index (κ2) is 508. The molecule has 62 valence electrons. The van der Waals surface area contributed by atoms with Gasteiger partial charge < -0.3 is 16.4 Å². The molecule has 0 aliphatic heterocycles. The van der Waals surface area contributed by atoms with Gasteiger partial charge in [-0.05, 0) is 0 Å². The molecule has 0 heterocycles. The van der Waals surface area contributed by atoms with Crippen molar-refractivity contribution >= 4 is 71.8 Å². The lowest BCUT2D eigenvalue weighted by atomic mass is 14.0. The van der Waals surface area contributed by atoms with Crippen molar-refractivity contribution in [2.75, 3.05) is 0 Å². The third-order valence-electron chi connectivity index (χ3n) is 0. The molecule has 0 saturated carbocycles.